The predicted molar refractivity (Wildman–Crippen MR) is 66.2 cm³/mol. The molecule has 2 N–H and O–H groups in total. The molecule has 1 atom stereocenters. The Bertz CT molecular complexity index is 253. The average molecular weight is 286 g/mol. The molecule has 0 aliphatic carbocycles. The van der Waals surface area contributed by atoms with Crippen LogP contribution in [0.25, 0.3) is 0 Å². The Morgan fingerprint density at radius 3 is 2.11 bits per heavy atom. The third kappa shape index (κ3) is 9.75. The van der Waals surface area contributed by atoms with Crippen molar-refractivity contribution < 1.29 is 33.3 Å². The summed E-state index contributed by atoms with van der Waals surface area (Å²) in [5, 5.41) is 16.0. The number of alkyl halides is 2. The molecule has 0 saturated carbocycles. The molecule has 0 aliphatic rings. The lowest BCUT2D eigenvalue weighted by molar-refractivity contribution is -0.265. The molecule has 0 saturated heterocycles. The minimum Gasteiger partial charge on any atom is -0.481 e. The first-order valence-corrected chi connectivity index (χ1v) is 5.97. The summed E-state index contributed by atoms with van der Waals surface area (Å²) in [4.78, 5) is 9.00. The molecule has 5 nitrogen and oxygen atoms in total. The first-order chi connectivity index (χ1) is 8.50. The van der Waals surface area contributed by atoms with Gasteiger partial charge in [0.25, 0.3) is 11.9 Å². The second kappa shape index (κ2) is 9.17. The normalized spacial score (nSPS) is 13.5. The van der Waals surface area contributed by atoms with Crippen molar-refractivity contribution in [1.29, 1.82) is 0 Å². The van der Waals surface area contributed by atoms with E-state index in [4.69, 9.17) is 24.5 Å². The van der Waals surface area contributed by atoms with Gasteiger partial charge in [0, 0.05) is 26.6 Å². The second-order valence-electron chi connectivity index (χ2n) is 4.35. The van der Waals surface area contributed by atoms with Gasteiger partial charge in [0.1, 0.15) is 5.60 Å². The Morgan fingerprint density at radius 1 is 1.37 bits per heavy atom. The van der Waals surface area contributed by atoms with Crippen LogP contribution in [0.15, 0.2) is 0 Å². The number of hydrogen-bond donors (Lipinski definition) is 2. The number of aliphatic carboxylic acids is 1. The van der Waals surface area contributed by atoms with Crippen molar-refractivity contribution in [3.8, 4) is 0 Å². The fourth-order valence-electron chi connectivity index (χ4n) is 1.21. The van der Waals surface area contributed by atoms with Gasteiger partial charge in [-0.05, 0) is 27.7 Å². The van der Waals surface area contributed by atoms with E-state index in [1.165, 1.54) is 13.8 Å². The van der Waals surface area contributed by atoms with Gasteiger partial charge in [-0.15, -0.1) is 0 Å². The molecule has 7 heteroatoms. The zero-order chi connectivity index (χ0) is 15.7. The van der Waals surface area contributed by atoms with Crippen LogP contribution in [0.3, 0.4) is 0 Å². The number of carbonyl (C=O) groups is 1. The summed E-state index contributed by atoms with van der Waals surface area (Å²) in [6.45, 7) is 6.83. The lowest BCUT2D eigenvalue weighted by Gasteiger charge is -2.35. The highest BCUT2D eigenvalue weighted by molar-refractivity contribution is 5.62. The molecule has 0 aromatic carbocycles. The topological polar surface area (TPSA) is 76.0 Å². The van der Waals surface area contributed by atoms with E-state index < -0.39 is 36.8 Å². The molecule has 19 heavy (non-hydrogen) atoms. The highest BCUT2D eigenvalue weighted by Crippen LogP contribution is 2.35. The third-order valence-electron chi connectivity index (χ3n) is 2.17. The van der Waals surface area contributed by atoms with E-state index in [0.29, 0.717) is 6.61 Å². The van der Waals surface area contributed by atoms with E-state index in [1.54, 1.807) is 13.8 Å². The molecule has 116 valence electrons. The molecule has 0 rings (SSSR count). The first kappa shape index (κ1) is 20.5. The highest BCUT2D eigenvalue weighted by atomic mass is 19.3. The summed E-state index contributed by atoms with van der Waals surface area (Å²) < 4.78 is 37.1. The summed E-state index contributed by atoms with van der Waals surface area (Å²) in [5.74, 6) is -3.91. The quantitative estimate of drug-likeness (QED) is 0.702. The van der Waals surface area contributed by atoms with Crippen LogP contribution in [0.4, 0.5) is 8.78 Å². The van der Waals surface area contributed by atoms with E-state index in [9.17, 15) is 8.78 Å². The maximum absolute atomic E-state index is 13.5. The van der Waals surface area contributed by atoms with Gasteiger partial charge in [-0.2, -0.15) is 0 Å². The van der Waals surface area contributed by atoms with Gasteiger partial charge in [0.05, 0.1) is 0 Å². The molecule has 0 aromatic heterocycles. The Balaban J connectivity index is 0. The van der Waals surface area contributed by atoms with Crippen LogP contribution < -0.4 is 0 Å². The minimum atomic E-state index is -3.08. The molecule has 0 heterocycles. The van der Waals surface area contributed by atoms with Crippen LogP contribution in [-0.2, 0) is 14.3 Å². The van der Waals surface area contributed by atoms with Crippen molar-refractivity contribution in [3.05, 3.63) is 0 Å². The van der Waals surface area contributed by atoms with Gasteiger partial charge < -0.3 is 19.7 Å². The molecule has 1 unspecified atom stereocenters. The lowest BCUT2D eigenvalue weighted by Crippen LogP contribution is -2.48. The molecule has 0 bridgehead atoms. The number of carboxylic acids is 1. The lowest BCUT2D eigenvalue weighted by atomic mass is 9.97. The van der Waals surface area contributed by atoms with Crippen LogP contribution in [-0.4, -0.2) is 47.2 Å². The number of aliphatic hydroxyl groups excluding tert-OH is 1. The molecule has 0 spiro atoms. The summed E-state index contributed by atoms with van der Waals surface area (Å²) in [6.07, 6.45) is -1.30. The number of hydrogen-bond acceptors (Lipinski definition) is 4. The highest BCUT2D eigenvalue weighted by Gasteiger charge is 2.48. The maximum Gasteiger partial charge on any atom is 0.300 e. The average Bonchev–Trinajstić information content (AvgIpc) is 2.15. The van der Waals surface area contributed by atoms with E-state index in [-0.39, 0.29) is 0 Å². The fraction of sp³-hybridized carbons (Fsp3) is 0.917. The molecule has 0 aliphatic heterocycles. The molecular formula is C12H24F2O5. The van der Waals surface area contributed by atoms with Gasteiger partial charge in [-0.3, -0.25) is 4.79 Å². The van der Waals surface area contributed by atoms with Gasteiger partial charge in [-0.1, -0.05) is 0 Å². The van der Waals surface area contributed by atoms with Crippen LogP contribution in [0.1, 0.15) is 41.0 Å². The number of carboxylic acid groups (broad SMARTS) is 1. The SMILES string of the molecule is CC(=O)O.CCOC(C)OC(C)(C)C(F)(F)CCO. The molecule has 0 radical (unpaired) electrons. The smallest absolute Gasteiger partial charge is 0.300 e. The van der Waals surface area contributed by atoms with Crippen molar-refractivity contribution in [3.63, 3.8) is 0 Å². The van der Waals surface area contributed by atoms with Crippen LogP contribution in [0.5, 0.6) is 0 Å². The molecule has 0 aromatic rings. The van der Waals surface area contributed by atoms with Crippen molar-refractivity contribution in [2.24, 2.45) is 0 Å². The maximum atomic E-state index is 13.5. The molecule has 0 amide bonds. The minimum absolute atomic E-state index is 0.406. The van der Waals surface area contributed by atoms with E-state index in [1.807, 2.05) is 0 Å². The Morgan fingerprint density at radius 2 is 1.79 bits per heavy atom. The van der Waals surface area contributed by atoms with Crippen molar-refractivity contribution in [2.45, 2.75) is 58.9 Å². The van der Waals surface area contributed by atoms with Crippen molar-refractivity contribution in [1.82, 2.24) is 0 Å². The van der Waals surface area contributed by atoms with Crippen molar-refractivity contribution in [2.75, 3.05) is 13.2 Å². The third-order valence-corrected chi connectivity index (χ3v) is 2.17. The summed E-state index contributed by atoms with van der Waals surface area (Å²) in [5.41, 5.74) is -1.65. The zero-order valence-electron chi connectivity index (χ0n) is 12.1. The zero-order valence-corrected chi connectivity index (χ0v) is 12.1. The second-order valence-corrected chi connectivity index (χ2v) is 4.35. The van der Waals surface area contributed by atoms with Crippen molar-refractivity contribution >= 4 is 5.97 Å². The Labute approximate surface area is 112 Å². The van der Waals surface area contributed by atoms with Gasteiger partial charge in [0.2, 0.25) is 0 Å². The number of ether oxygens (including phenoxy) is 2. The summed E-state index contributed by atoms with van der Waals surface area (Å²) in [7, 11) is 0. The van der Waals surface area contributed by atoms with Crippen LogP contribution in [0, 0.1) is 0 Å². The van der Waals surface area contributed by atoms with Crippen LogP contribution >= 0.6 is 0 Å². The summed E-state index contributed by atoms with van der Waals surface area (Å²) >= 11 is 0. The van der Waals surface area contributed by atoms with Crippen LogP contribution in [0.2, 0.25) is 0 Å². The Kier molecular flexibility index (Phi) is 9.90. The number of rotatable bonds is 7. The first-order valence-electron chi connectivity index (χ1n) is 5.97. The predicted octanol–water partition coefficient (Wildman–Crippen LogP) is 2.27. The van der Waals surface area contributed by atoms with E-state index >= 15 is 0 Å². The largest absolute Gasteiger partial charge is 0.481 e. The Hall–Kier alpha value is -0.790. The monoisotopic (exact) mass is 286 g/mol. The standard InChI is InChI=1S/C10H20F2O3.C2H4O2/c1-5-14-8(2)15-9(3,4)10(11,12)6-7-13;1-2(3)4/h8,13H,5-7H2,1-4H3;1H3,(H,3,4). The number of halogens is 2. The van der Waals surface area contributed by atoms with E-state index in [2.05, 4.69) is 0 Å². The van der Waals surface area contributed by atoms with Gasteiger partial charge in [0.15, 0.2) is 6.29 Å². The molecular weight excluding hydrogens is 262 g/mol. The fourth-order valence-corrected chi connectivity index (χ4v) is 1.21. The van der Waals surface area contributed by atoms with Gasteiger partial charge in [-0.25, -0.2) is 8.78 Å². The van der Waals surface area contributed by atoms with Gasteiger partial charge >= 0.3 is 0 Å². The number of aliphatic hydroxyl groups is 1. The van der Waals surface area contributed by atoms with E-state index in [0.717, 1.165) is 6.92 Å². The summed E-state index contributed by atoms with van der Waals surface area (Å²) in [6, 6.07) is 0. The molecule has 0 fully saturated rings.